The molecule has 1 aromatic carbocycles. The normalized spacial score (nSPS) is 15.9. The van der Waals surface area contributed by atoms with Gasteiger partial charge in [-0.3, -0.25) is 10.1 Å². The van der Waals surface area contributed by atoms with E-state index in [4.69, 9.17) is 16.3 Å². The maximum atomic E-state index is 10.8. The van der Waals surface area contributed by atoms with Crippen molar-refractivity contribution >= 4 is 23.0 Å². The van der Waals surface area contributed by atoms with Crippen molar-refractivity contribution in [3.63, 3.8) is 0 Å². The Morgan fingerprint density at radius 1 is 1.41 bits per heavy atom. The van der Waals surface area contributed by atoms with Crippen LogP contribution in [0.3, 0.4) is 0 Å². The van der Waals surface area contributed by atoms with Gasteiger partial charge in [-0.2, -0.15) is 0 Å². The Morgan fingerprint density at radius 2 is 2.12 bits per heavy atom. The summed E-state index contributed by atoms with van der Waals surface area (Å²) in [6.45, 7) is 2.99. The maximum Gasteiger partial charge on any atom is 0.273 e. The first-order chi connectivity index (χ1) is 8.22. The lowest BCUT2D eigenvalue weighted by Gasteiger charge is -2.29. The highest BCUT2D eigenvalue weighted by Gasteiger charge is 2.17. The molecule has 1 aromatic rings. The van der Waals surface area contributed by atoms with Gasteiger partial charge < -0.3 is 9.64 Å². The van der Waals surface area contributed by atoms with E-state index in [2.05, 4.69) is 4.90 Å². The zero-order chi connectivity index (χ0) is 12.3. The van der Waals surface area contributed by atoms with Crippen LogP contribution in [0.5, 0.6) is 0 Å². The van der Waals surface area contributed by atoms with Crippen LogP contribution < -0.4 is 4.90 Å². The van der Waals surface area contributed by atoms with Crippen LogP contribution in [-0.4, -0.2) is 31.2 Å². The van der Waals surface area contributed by atoms with Crippen molar-refractivity contribution in [3.8, 4) is 0 Å². The number of nitrogens with zero attached hydrogens (tertiary/aromatic N) is 2. The summed E-state index contributed by atoms with van der Waals surface area (Å²) in [5.41, 5.74) is 1.60. The molecule has 0 aromatic heterocycles. The highest BCUT2D eigenvalue weighted by atomic mass is 35.5. The molecular formula is C11H13ClN2O3. The number of anilines is 1. The molecule has 1 heterocycles. The monoisotopic (exact) mass is 256 g/mol. The molecule has 0 bridgehead atoms. The number of alkyl halides is 1. The van der Waals surface area contributed by atoms with Crippen molar-refractivity contribution in [1.82, 2.24) is 0 Å². The summed E-state index contributed by atoms with van der Waals surface area (Å²) in [5.74, 6) is 0.147. The molecule has 6 heteroatoms. The minimum absolute atomic E-state index is 0.0806. The minimum atomic E-state index is -0.402. The van der Waals surface area contributed by atoms with Crippen LogP contribution >= 0.6 is 11.6 Å². The molecule has 0 saturated carbocycles. The summed E-state index contributed by atoms with van der Waals surface area (Å²) < 4.78 is 5.26. The van der Waals surface area contributed by atoms with Crippen molar-refractivity contribution < 1.29 is 9.66 Å². The number of benzene rings is 1. The Hall–Kier alpha value is -1.33. The fourth-order valence-corrected chi connectivity index (χ4v) is 2.09. The van der Waals surface area contributed by atoms with E-state index in [-0.39, 0.29) is 11.6 Å². The van der Waals surface area contributed by atoms with Crippen molar-refractivity contribution in [3.05, 3.63) is 33.9 Å². The average molecular weight is 257 g/mol. The second-order valence-corrected chi connectivity index (χ2v) is 4.07. The van der Waals surface area contributed by atoms with Crippen LogP contribution in [0, 0.1) is 10.1 Å². The molecule has 0 radical (unpaired) electrons. The standard InChI is InChI=1S/C11H13ClN2O3/c12-8-9-7-10(1-2-11(9)14(15)16)13-3-5-17-6-4-13/h1-2,7H,3-6,8H2. The number of nitro groups is 1. The molecule has 0 N–H and O–H groups in total. The van der Waals surface area contributed by atoms with Gasteiger partial charge in [0.25, 0.3) is 5.69 Å². The zero-order valence-electron chi connectivity index (χ0n) is 9.26. The molecule has 2 rings (SSSR count). The van der Waals surface area contributed by atoms with Crippen molar-refractivity contribution in [1.29, 1.82) is 0 Å². The summed E-state index contributed by atoms with van der Waals surface area (Å²) in [6, 6.07) is 5.07. The van der Waals surface area contributed by atoms with E-state index in [0.717, 1.165) is 18.8 Å². The lowest BCUT2D eigenvalue weighted by atomic mass is 10.1. The van der Waals surface area contributed by atoms with Gasteiger partial charge in [-0.05, 0) is 12.1 Å². The summed E-state index contributed by atoms with van der Waals surface area (Å²) >= 11 is 5.74. The Bertz CT molecular complexity index is 419. The molecule has 0 unspecified atom stereocenters. The second kappa shape index (κ2) is 5.33. The highest BCUT2D eigenvalue weighted by molar-refractivity contribution is 6.17. The van der Waals surface area contributed by atoms with E-state index >= 15 is 0 Å². The number of hydrogen-bond donors (Lipinski definition) is 0. The number of morpholine rings is 1. The van der Waals surface area contributed by atoms with Gasteiger partial charge in [0.1, 0.15) is 0 Å². The third-order valence-corrected chi connectivity index (χ3v) is 3.07. The average Bonchev–Trinajstić information content (AvgIpc) is 2.39. The van der Waals surface area contributed by atoms with Crippen LogP contribution in [0.2, 0.25) is 0 Å². The Kier molecular flexibility index (Phi) is 3.81. The van der Waals surface area contributed by atoms with Gasteiger partial charge in [0.2, 0.25) is 0 Å². The first-order valence-electron chi connectivity index (χ1n) is 5.38. The Balaban J connectivity index is 2.27. The minimum Gasteiger partial charge on any atom is -0.378 e. The van der Waals surface area contributed by atoms with E-state index < -0.39 is 4.92 Å². The van der Waals surface area contributed by atoms with Crippen LogP contribution in [0.15, 0.2) is 18.2 Å². The third-order valence-electron chi connectivity index (χ3n) is 2.78. The molecule has 0 amide bonds. The summed E-state index contributed by atoms with van der Waals surface area (Å²) in [5, 5.41) is 10.8. The van der Waals surface area contributed by atoms with Crippen LogP contribution in [-0.2, 0) is 10.6 Å². The van der Waals surface area contributed by atoms with Gasteiger partial charge in [-0.1, -0.05) is 0 Å². The van der Waals surface area contributed by atoms with Crippen molar-refractivity contribution in [2.45, 2.75) is 5.88 Å². The zero-order valence-corrected chi connectivity index (χ0v) is 10.0. The summed E-state index contributed by atoms with van der Waals surface area (Å²) in [7, 11) is 0. The fourth-order valence-electron chi connectivity index (χ4n) is 1.88. The highest BCUT2D eigenvalue weighted by Crippen LogP contribution is 2.26. The predicted molar refractivity (Wildman–Crippen MR) is 65.7 cm³/mol. The smallest absolute Gasteiger partial charge is 0.273 e. The van der Waals surface area contributed by atoms with Gasteiger partial charge in [0.05, 0.1) is 24.0 Å². The summed E-state index contributed by atoms with van der Waals surface area (Å²) in [6.07, 6.45) is 0. The van der Waals surface area contributed by atoms with Gasteiger partial charge in [0, 0.05) is 30.4 Å². The number of hydrogen-bond acceptors (Lipinski definition) is 4. The molecule has 1 aliphatic rings. The van der Waals surface area contributed by atoms with E-state index in [0.29, 0.717) is 18.8 Å². The Labute approximate surface area is 104 Å². The lowest BCUT2D eigenvalue weighted by molar-refractivity contribution is -0.385. The fraction of sp³-hybridized carbons (Fsp3) is 0.455. The van der Waals surface area contributed by atoms with Crippen molar-refractivity contribution in [2.24, 2.45) is 0 Å². The van der Waals surface area contributed by atoms with E-state index in [1.54, 1.807) is 12.1 Å². The van der Waals surface area contributed by atoms with Gasteiger partial charge in [-0.25, -0.2) is 0 Å². The molecule has 1 saturated heterocycles. The van der Waals surface area contributed by atoms with Crippen LogP contribution in [0.4, 0.5) is 11.4 Å². The molecule has 92 valence electrons. The first-order valence-corrected chi connectivity index (χ1v) is 5.92. The lowest BCUT2D eigenvalue weighted by Crippen LogP contribution is -2.36. The first kappa shape index (κ1) is 12.1. The van der Waals surface area contributed by atoms with E-state index in [1.807, 2.05) is 0 Å². The van der Waals surface area contributed by atoms with E-state index in [9.17, 15) is 10.1 Å². The third kappa shape index (κ3) is 2.68. The molecule has 1 fully saturated rings. The largest absolute Gasteiger partial charge is 0.378 e. The number of nitro benzene ring substituents is 1. The van der Waals surface area contributed by atoms with Gasteiger partial charge in [-0.15, -0.1) is 11.6 Å². The second-order valence-electron chi connectivity index (χ2n) is 3.80. The number of ether oxygens (including phenoxy) is 1. The quantitative estimate of drug-likeness (QED) is 0.472. The number of halogens is 1. The van der Waals surface area contributed by atoms with Crippen LogP contribution in [0.25, 0.3) is 0 Å². The molecule has 5 nitrogen and oxygen atoms in total. The molecule has 0 spiro atoms. The predicted octanol–water partition coefficient (Wildman–Crippen LogP) is 2.17. The van der Waals surface area contributed by atoms with E-state index in [1.165, 1.54) is 6.07 Å². The van der Waals surface area contributed by atoms with Gasteiger partial charge in [0.15, 0.2) is 0 Å². The van der Waals surface area contributed by atoms with Gasteiger partial charge >= 0.3 is 0 Å². The van der Waals surface area contributed by atoms with Crippen LogP contribution in [0.1, 0.15) is 5.56 Å². The Morgan fingerprint density at radius 3 is 2.71 bits per heavy atom. The molecule has 0 aliphatic carbocycles. The molecular weight excluding hydrogens is 244 g/mol. The maximum absolute atomic E-state index is 10.8. The molecule has 1 aliphatic heterocycles. The molecule has 17 heavy (non-hydrogen) atoms. The van der Waals surface area contributed by atoms with Crippen molar-refractivity contribution in [2.75, 3.05) is 31.2 Å². The topological polar surface area (TPSA) is 55.6 Å². The molecule has 0 atom stereocenters. The SMILES string of the molecule is O=[N+]([O-])c1ccc(N2CCOCC2)cc1CCl. The summed E-state index contributed by atoms with van der Waals surface area (Å²) in [4.78, 5) is 12.5. The number of rotatable bonds is 3.